The molecule has 3 amide bonds. The van der Waals surface area contributed by atoms with Gasteiger partial charge in [0.25, 0.3) is 5.91 Å². The summed E-state index contributed by atoms with van der Waals surface area (Å²) in [5, 5.41) is 0. The van der Waals surface area contributed by atoms with Crippen LogP contribution in [0.3, 0.4) is 0 Å². The lowest BCUT2D eigenvalue weighted by atomic mass is 9.49. The van der Waals surface area contributed by atoms with Gasteiger partial charge in [0.2, 0.25) is 11.8 Å². The van der Waals surface area contributed by atoms with Crippen LogP contribution in [-0.2, 0) is 14.4 Å². The molecule has 6 heteroatoms. The molecule has 33 heavy (non-hydrogen) atoms. The lowest BCUT2D eigenvalue weighted by molar-refractivity contribution is -0.164. The molecule has 1 heterocycles. The fourth-order valence-corrected chi connectivity index (χ4v) is 7.45. The van der Waals surface area contributed by atoms with Gasteiger partial charge in [0.15, 0.2) is 0 Å². The van der Waals surface area contributed by atoms with Gasteiger partial charge in [-0.3, -0.25) is 14.4 Å². The molecule has 5 fully saturated rings. The molecule has 1 aliphatic heterocycles. The van der Waals surface area contributed by atoms with Crippen molar-refractivity contribution in [2.45, 2.75) is 84.2 Å². The Balaban J connectivity index is 1.42. The minimum Gasteiger partial charge on any atom is -0.494 e. The average Bonchev–Trinajstić information content (AvgIpc) is 3.07. The summed E-state index contributed by atoms with van der Waals surface area (Å²) in [6, 6.07) is 6.27. The average molecular weight is 453 g/mol. The van der Waals surface area contributed by atoms with Crippen LogP contribution in [0.4, 0.5) is 5.69 Å². The van der Waals surface area contributed by atoms with Gasteiger partial charge in [0.05, 0.1) is 24.1 Å². The lowest BCUT2D eigenvalue weighted by Gasteiger charge is -2.57. The van der Waals surface area contributed by atoms with Gasteiger partial charge in [-0.25, -0.2) is 4.90 Å². The Bertz CT molecular complexity index is 905. The summed E-state index contributed by atoms with van der Waals surface area (Å²) in [5.74, 6) is 2.29. The van der Waals surface area contributed by atoms with E-state index in [-0.39, 0.29) is 35.6 Å². The number of imide groups is 1. The van der Waals surface area contributed by atoms with E-state index in [1.807, 2.05) is 18.7 Å². The van der Waals surface area contributed by atoms with Gasteiger partial charge in [-0.05, 0) is 101 Å². The first-order valence-corrected chi connectivity index (χ1v) is 12.8. The first-order chi connectivity index (χ1) is 15.8. The van der Waals surface area contributed by atoms with E-state index in [1.54, 1.807) is 24.3 Å². The second-order valence-corrected chi connectivity index (χ2v) is 10.9. The van der Waals surface area contributed by atoms with E-state index < -0.39 is 6.04 Å². The predicted molar refractivity (Wildman–Crippen MR) is 126 cm³/mol. The van der Waals surface area contributed by atoms with Gasteiger partial charge in [-0.1, -0.05) is 6.92 Å². The normalized spacial score (nSPS) is 33.5. The number of ether oxygens (including phenoxy) is 1. The zero-order valence-corrected chi connectivity index (χ0v) is 20.1. The topological polar surface area (TPSA) is 66.9 Å². The quantitative estimate of drug-likeness (QED) is 0.569. The number of amides is 3. The molecule has 0 spiro atoms. The van der Waals surface area contributed by atoms with E-state index in [0.717, 1.165) is 25.7 Å². The minimum atomic E-state index is -0.709. The lowest BCUT2D eigenvalue weighted by Crippen LogP contribution is -2.59. The van der Waals surface area contributed by atoms with Gasteiger partial charge in [-0.15, -0.1) is 0 Å². The second-order valence-electron chi connectivity index (χ2n) is 10.9. The SMILES string of the molecule is CCOc1ccc(N2C(=O)CC(N(C(=O)C34CC5CC(CC(C5)C3)C4)C(C)CC)C2=O)cc1. The van der Waals surface area contributed by atoms with Crippen LogP contribution in [0.25, 0.3) is 0 Å². The molecule has 0 radical (unpaired) electrons. The summed E-state index contributed by atoms with van der Waals surface area (Å²) >= 11 is 0. The molecule has 5 aliphatic rings. The van der Waals surface area contributed by atoms with Crippen molar-refractivity contribution in [3.63, 3.8) is 0 Å². The third-order valence-corrected chi connectivity index (χ3v) is 8.66. The molecule has 0 N–H and O–H groups in total. The molecular weight excluding hydrogens is 416 g/mol. The van der Waals surface area contributed by atoms with Crippen molar-refractivity contribution in [3.05, 3.63) is 24.3 Å². The number of carbonyl (C=O) groups is 3. The molecule has 6 nitrogen and oxygen atoms in total. The van der Waals surface area contributed by atoms with Crippen LogP contribution in [0.15, 0.2) is 24.3 Å². The Kier molecular flexibility index (Phi) is 5.74. The van der Waals surface area contributed by atoms with Gasteiger partial charge in [0.1, 0.15) is 11.8 Å². The molecule has 2 unspecified atom stereocenters. The molecular formula is C27H36N2O4. The summed E-state index contributed by atoms with van der Waals surface area (Å²) in [7, 11) is 0. The molecule has 1 saturated heterocycles. The fourth-order valence-electron chi connectivity index (χ4n) is 7.45. The summed E-state index contributed by atoms with van der Waals surface area (Å²) < 4.78 is 5.49. The zero-order chi connectivity index (χ0) is 23.3. The predicted octanol–water partition coefficient (Wildman–Crippen LogP) is 4.56. The van der Waals surface area contributed by atoms with E-state index in [0.29, 0.717) is 35.8 Å². The highest BCUT2D eigenvalue weighted by molar-refractivity contribution is 6.23. The third kappa shape index (κ3) is 3.75. The number of benzene rings is 1. The van der Waals surface area contributed by atoms with Crippen molar-refractivity contribution < 1.29 is 19.1 Å². The molecule has 1 aromatic carbocycles. The van der Waals surface area contributed by atoms with Crippen molar-refractivity contribution in [1.29, 1.82) is 0 Å². The second kappa shape index (κ2) is 8.44. The number of nitrogens with zero attached hydrogens (tertiary/aromatic N) is 2. The molecule has 1 aromatic rings. The van der Waals surface area contributed by atoms with Crippen molar-refractivity contribution in [2.75, 3.05) is 11.5 Å². The number of anilines is 1. The van der Waals surface area contributed by atoms with Crippen molar-refractivity contribution in [3.8, 4) is 5.75 Å². The van der Waals surface area contributed by atoms with Crippen LogP contribution >= 0.6 is 0 Å². The molecule has 6 rings (SSSR count). The molecule has 0 aromatic heterocycles. The maximum atomic E-state index is 14.2. The summed E-state index contributed by atoms with van der Waals surface area (Å²) in [4.78, 5) is 43.9. The first kappa shape index (κ1) is 22.4. The van der Waals surface area contributed by atoms with E-state index in [9.17, 15) is 14.4 Å². The molecule has 4 bridgehead atoms. The molecule has 4 saturated carbocycles. The fraction of sp³-hybridized carbons (Fsp3) is 0.667. The van der Waals surface area contributed by atoms with Gasteiger partial charge < -0.3 is 9.64 Å². The standard InChI is InChI=1S/C27H36N2O4/c1-4-17(3)28(26(32)27-14-18-10-19(15-27)12-20(11-18)16-27)23-13-24(30)29(25(23)31)21-6-8-22(9-7-21)33-5-2/h6-9,17-20,23H,4-5,10-16H2,1-3H3. The van der Waals surface area contributed by atoms with Crippen LogP contribution in [0.5, 0.6) is 5.75 Å². The maximum Gasteiger partial charge on any atom is 0.257 e. The Morgan fingerprint density at radius 2 is 1.64 bits per heavy atom. The van der Waals surface area contributed by atoms with Crippen molar-refractivity contribution in [1.82, 2.24) is 4.90 Å². The van der Waals surface area contributed by atoms with E-state index in [1.165, 1.54) is 24.2 Å². The van der Waals surface area contributed by atoms with E-state index >= 15 is 0 Å². The minimum absolute atomic E-state index is 0.0640. The van der Waals surface area contributed by atoms with Crippen molar-refractivity contribution in [2.24, 2.45) is 23.2 Å². The van der Waals surface area contributed by atoms with Crippen LogP contribution < -0.4 is 9.64 Å². The van der Waals surface area contributed by atoms with Crippen LogP contribution in [0, 0.1) is 23.2 Å². The Morgan fingerprint density at radius 1 is 1.06 bits per heavy atom. The summed E-state index contributed by atoms with van der Waals surface area (Å²) in [5.41, 5.74) is 0.218. The van der Waals surface area contributed by atoms with Crippen LogP contribution in [0.2, 0.25) is 0 Å². The van der Waals surface area contributed by atoms with Crippen molar-refractivity contribution >= 4 is 23.4 Å². The third-order valence-electron chi connectivity index (χ3n) is 8.66. The van der Waals surface area contributed by atoms with Crippen LogP contribution in [0.1, 0.15) is 72.1 Å². The highest BCUT2D eigenvalue weighted by Gasteiger charge is 2.58. The monoisotopic (exact) mass is 452 g/mol. The number of rotatable bonds is 7. The van der Waals surface area contributed by atoms with E-state index in [4.69, 9.17) is 4.74 Å². The Hall–Kier alpha value is -2.37. The number of hydrogen-bond donors (Lipinski definition) is 0. The smallest absolute Gasteiger partial charge is 0.257 e. The first-order valence-electron chi connectivity index (χ1n) is 12.8. The summed E-state index contributed by atoms with van der Waals surface area (Å²) in [6.45, 7) is 6.54. The number of carbonyl (C=O) groups excluding carboxylic acids is 3. The van der Waals surface area contributed by atoms with E-state index in [2.05, 4.69) is 6.92 Å². The van der Waals surface area contributed by atoms with Gasteiger partial charge in [0, 0.05) is 6.04 Å². The highest BCUT2D eigenvalue weighted by Crippen LogP contribution is 2.61. The molecule has 4 aliphatic carbocycles. The zero-order valence-electron chi connectivity index (χ0n) is 20.1. The number of hydrogen-bond acceptors (Lipinski definition) is 4. The highest BCUT2D eigenvalue weighted by atomic mass is 16.5. The molecule has 178 valence electrons. The maximum absolute atomic E-state index is 14.2. The van der Waals surface area contributed by atoms with Crippen LogP contribution in [-0.4, -0.2) is 41.3 Å². The summed E-state index contributed by atoms with van der Waals surface area (Å²) in [6.07, 6.45) is 7.51. The Labute approximate surface area is 196 Å². The largest absolute Gasteiger partial charge is 0.494 e. The van der Waals surface area contributed by atoms with Gasteiger partial charge in [-0.2, -0.15) is 0 Å². The molecule has 2 atom stereocenters. The van der Waals surface area contributed by atoms with Gasteiger partial charge >= 0.3 is 0 Å². The Morgan fingerprint density at radius 3 is 2.15 bits per heavy atom.